The molecule has 0 aromatic heterocycles. The second-order valence-corrected chi connectivity index (χ2v) is 6.82. The molecule has 0 saturated heterocycles. The van der Waals surface area contributed by atoms with Crippen molar-refractivity contribution in [2.45, 2.75) is 31.2 Å². The zero-order chi connectivity index (χ0) is 17.4. The highest BCUT2D eigenvalue weighted by Gasteiger charge is 2.43. The average molecular weight is 338 g/mol. The van der Waals surface area contributed by atoms with Crippen molar-refractivity contribution in [1.82, 2.24) is 5.32 Å². The van der Waals surface area contributed by atoms with Crippen LogP contribution in [0.15, 0.2) is 48.5 Å². The van der Waals surface area contributed by atoms with Crippen LogP contribution in [0.25, 0.3) is 0 Å². The summed E-state index contributed by atoms with van der Waals surface area (Å²) in [5.74, 6) is -0.397. The molecular weight excluding hydrogens is 319 g/mol. The van der Waals surface area contributed by atoms with Crippen LogP contribution in [0.3, 0.4) is 0 Å². The van der Waals surface area contributed by atoms with E-state index in [-0.39, 0.29) is 29.5 Å². The van der Waals surface area contributed by atoms with Crippen LogP contribution in [0.4, 0.5) is 10.1 Å². The van der Waals surface area contributed by atoms with Crippen molar-refractivity contribution in [3.63, 3.8) is 0 Å². The van der Waals surface area contributed by atoms with Crippen LogP contribution in [0.5, 0.6) is 0 Å². The molecule has 0 heterocycles. The highest BCUT2D eigenvalue weighted by atomic mass is 19.1. The predicted molar refractivity (Wildman–Crippen MR) is 92.8 cm³/mol. The van der Waals surface area contributed by atoms with Crippen LogP contribution in [0, 0.1) is 11.7 Å². The second-order valence-electron chi connectivity index (χ2n) is 6.82. The summed E-state index contributed by atoms with van der Waals surface area (Å²) in [6.45, 7) is 0. The molecule has 4 rings (SSSR count). The number of hydrogen-bond acceptors (Lipinski definition) is 2. The van der Waals surface area contributed by atoms with Crippen LogP contribution >= 0.6 is 0 Å². The molecule has 0 spiro atoms. The Hall–Kier alpha value is -2.69. The molecule has 2 unspecified atom stereocenters. The number of anilines is 1. The van der Waals surface area contributed by atoms with Gasteiger partial charge in [0.05, 0.1) is 0 Å². The number of halogens is 1. The Bertz CT molecular complexity index is 815. The summed E-state index contributed by atoms with van der Waals surface area (Å²) in [7, 11) is 0. The highest BCUT2D eigenvalue weighted by Crippen LogP contribution is 2.48. The molecule has 128 valence electrons. The lowest BCUT2D eigenvalue weighted by Crippen LogP contribution is -2.25. The maximum absolute atomic E-state index is 13.0. The van der Waals surface area contributed by atoms with Crippen molar-refractivity contribution in [3.05, 3.63) is 65.5 Å². The zero-order valence-corrected chi connectivity index (χ0v) is 13.7. The fourth-order valence-electron chi connectivity index (χ4n) is 3.03. The van der Waals surface area contributed by atoms with E-state index in [1.54, 1.807) is 36.4 Å². The van der Waals surface area contributed by atoms with Gasteiger partial charge in [-0.25, -0.2) is 4.39 Å². The molecule has 0 aliphatic heterocycles. The summed E-state index contributed by atoms with van der Waals surface area (Å²) in [6, 6.07) is 13.6. The molecule has 0 bridgehead atoms. The van der Waals surface area contributed by atoms with Crippen molar-refractivity contribution in [3.8, 4) is 0 Å². The van der Waals surface area contributed by atoms with Gasteiger partial charge in [-0.05, 0) is 61.1 Å². The van der Waals surface area contributed by atoms with Gasteiger partial charge < -0.3 is 10.6 Å². The zero-order valence-electron chi connectivity index (χ0n) is 13.7. The van der Waals surface area contributed by atoms with Gasteiger partial charge in [0.2, 0.25) is 5.91 Å². The second kappa shape index (κ2) is 6.31. The predicted octanol–water partition coefficient (Wildman–Crippen LogP) is 3.46. The quantitative estimate of drug-likeness (QED) is 0.877. The molecule has 2 aliphatic carbocycles. The maximum atomic E-state index is 13.0. The van der Waals surface area contributed by atoms with Crippen LogP contribution in [-0.4, -0.2) is 17.9 Å². The molecule has 2 saturated carbocycles. The van der Waals surface area contributed by atoms with Gasteiger partial charge in [-0.2, -0.15) is 0 Å². The molecule has 4 nitrogen and oxygen atoms in total. The summed E-state index contributed by atoms with van der Waals surface area (Å²) in [4.78, 5) is 24.5. The number of nitrogens with one attached hydrogen (secondary N) is 2. The lowest BCUT2D eigenvalue weighted by molar-refractivity contribution is -0.117. The number of carbonyl (C=O) groups is 2. The van der Waals surface area contributed by atoms with Crippen molar-refractivity contribution in [1.29, 1.82) is 0 Å². The lowest BCUT2D eigenvalue weighted by atomic mass is 10.1. The molecule has 2 N–H and O–H groups in total. The van der Waals surface area contributed by atoms with Crippen molar-refractivity contribution in [2.24, 2.45) is 5.92 Å². The van der Waals surface area contributed by atoms with Crippen LogP contribution in [0.1, 0.15) is 41.1 Å². The fourth-order valence-corrected chi connectivity index (χ4v) is 3.03. The van der Waals surface area contributed by atoms with Gasteiger partial charge in [0.25, 0.3) is 5.91 Å². The van der Waals surface area contributed by atoms with E-state index in [1.807, 2.05) is 0 Å². The summed E-state index contributed by atoms with van der Waals surface area (Å²) >= 11 is 0. The Morgan fingerprint density at radius 1 is 1.04 bits per heavy atom. The van der Waals surface area contributed by atoms with Gasteiger partial charge in [-0.1, -0.05) is 18.2 Å². The van der Waals surface area contributed by atoms with E-state index in [2.05, 4.69) is 10.6 Å². The summed E-state index contributed by atoms with van der Waals surface area (Å²) in [5, 5.41) is 5.82. The molecule has 2 aliphatic rings. The van der Waals surface area contributed by atoms with Crippen molar-refractivity contribution >= 4 is 17.5 Å². The normalized spacial score (nSPS) is 21.5. The van der Waals surface area contributed by atoms with Gasteiger partial charge in [-0.3, -0.25) is 9.59 Å². The first-order valence-electron chi connectivity index (χ1n) is 8.57. The van der Waals surface area contributed by atoms with Crippen molar-refractivity contribution in [2.75, 3.05) is 5.32 Å². The Balaban J connectivity index is 1.38. The lowest BCUT2D eigenvalue weighted by Gasteiger charge is -2.08. The number of benzene rings is 2. The van der Waals surface area contributed by atoms with Gasteiger partial charge in [0, 0.05) is 23.2 Å². The third-order valence-electron chi connectivity index (χ3n) is 4.73. The Labute approximate surface area is 145 Å². The van der Waals surface area contributed by atoms with Gasteiger partial charge >= 0.3 is 0 Å². The SMILES string of the molecule is O=C(NC1CC1)c1cccc(NC(=O)C2CC2c2ccc(F)cc2)c1. The summed E-state index contributed by atoms with van der Waals surface area (Å²) < 4.78 is 13.0. The molecule has 2 amide bonds. The molecule has 2 fully saturated rings. The molecule has 2 aromatic rings. The van der Waals surface area contributed by atoms with Gasteiger partial charge in [-0.15, -0.1) is 0 Å². The van der Waals surface area contributed by atoms with E-state index in [0.29, 0.717) is 17.3 Å². The Morgan fingerprint density at radius 3 is 2.52 bits per heavy atom. The van der Waals surface area contributed by atoms with Crippen LogP contribution < -0.4 is 10.6 Å². The summed E-state index contributed by atoms with van der Waals surface area (Å²) in [5.41, 5.74) is 2.16. The van der Waals surface area contributed by atoms with E-state index in [4.69, 9.17) is 0 Å². The van der Waals surface area contributed by atoms with Crippen LogP contribution in [-0.2, 0) is 4.79 Å². The van der Waals surface area contributed by atoms with Crippen molar-refractivity contribution < 1.29 is 14.0 Å². The fraction of sp³-hybridized carbons (Fsp3) is 0.300. The largest absolute Gasteiger partial charge is 0.349 e. The monoisotopic (exact) mass is 338 g/mol. The average Bonchev–Trinajstić information content (AvgIpc) is 3.50. The number of hydrogen-bond donors (Lipinski definition) is 2. The number of carbonyl (C=O) groups excluding carboxylic acids is 2. The maximum Gasteiger partial charge on any atom is 0.251 e. The van der Waals surface area contributed by atoms with E-state index in [9.17, 15) is 14.0 Å². The van der Waals surface area contributed by atoms with Gasteiger partial charge in [0.15, 0.2) is 0 Å². The minimum atomic E-state index is -0.272. The smallest absolute Gasteiger partial charge is 0.251 e. The van der Waals surface area contributed by atoms with E-state index in [0.717, 1.165) is 24.8 Å². The topological polar surface area (TPSA) is 58.2 Å². The first-order chi connectivity index (χ1) is 12.1. The number of rotatable bonds is 5. The molecule has 25 heavy (non-hydrogen) atoms. The highest BCUT2D eigenvalue weighted by molar-refractivity contribution is 5.98. The Kier molecular flexibility index (Phi) is 3.99. The van der Waals surface area contributed by atoms with E-state index >= 15 is 0 Å². The Morgan fingerprint density at radius 2 is 1.80 bits per heavy atom. The van der Waals surface area contributed by atoms with Crippen LogP contribution in [0.2, 0.25) is 0 Å². The first-order valence-corrected chi connectivity index (χ1v) is 8.57. The minimum Gasteiger partial charge on any atom is -0.349 e. The molecule has 0 radical (unpaired) electrons. The van der Waals surface area contributed by atoms with Gasteiger partial charge in [0.1, 0.15) is 5.82 Å². The third-order valence-corrected chi connectivity index (χ3v) is 4.73. The molecule has 5 heteroatoms. The molecular formula is C20H19FN2O2. The minimum absolute atomic E-state index is 0.0610. The standard InChI is InChI=1S/C20H19FN2O2/c21-14-6-4-12(5-7-14)17-11-18(17)20(25)23-16-3-1-2-13(10-16)19(24)22-15-8-9-15/h1-7,10,15,17-18H,8-9,11H2,(H,22,24)(H,23,25). The number of amides is 2. The first kappa shape index (κ1) is 15.8. The molecule has 2 aromatic carbocycles. The van der Waals surface area contributed by atoms with E-state index < -0.39 is 0 Å². The molecule has 2 atom stereocenters. The van der Waals surface area contributed by atoms with E-state index in [1.165, 1.54) is 12.1 Å². The third kappa shape index (κ3) is 3.71. The summed E-state index contributed by atoms with van der Waals surface area (Å²) in [6.07, 6.45) is 2.84.